The van der Waals surface area contributed by atoms with E-state index in [2.05, 4.69) is 9.98 Å². The number of aliphatic carboxylic acids is 1. The molecule has 0 aliphatic carbocycles. The second kappa shape index (κ2) is 6.18. The van der Waals surface area contributed by atoms with Crippen molar-refractivity contribution >= 4 is 50.3 Å². The SMILES string of the molecule is CC(C)(C)C(=O)Oc1ccc2nc(C3=N[C@@H](C(=O)O)CS3)sc2c1. The van der Waals surface area contributed by atoms with Crippen LogP contribution in [-0.4, -0.2) is 38.9 Å². The number of benzene rings is 1. The van der Waals surface area contributed by atoms with Crippen LogP contribution >= 0.6 is 23.1 Å². The number of carbonyl (C=O) groups is 2. The van der Waals surface area contributed by atoms with Gasteiger partial charge in [-0.1, -0.05) is 0 Å². The molecule has 3 rings (SSSR count). The Labute approximate surface area is 147 Å². The van der Waals surface area contributed by atoms with E-state index in [0.29, 0.717) is 21.6 Å². The molecule has 0 saturated heterocycles. The molecule has 2 aromatic rings. The third kappa shape index (κ3) is 3.44. The van der Waals surface area contributed by atoms with E-state index in [0.717, 1.165) is 10.2 Å². The lowest BCUT2D eigenvalue weighted by molar-refractivity contribution is -0.143. The zero-order valence-corrected chi connectivity index (χ0v) is 15.0. The van der Waals surface area contributed by atoms with Crippen molar-refractivity contribution in [2.24, 2.45) is 10.4 Å². The third-order valence-electron chi connectivity index (χ3n) is 3.30. The Hall–Kier alpha value is -1.93. The van der Waals surface area contributed by atoms with E-state index in [9.17, 15) is 9.59 Å². The molecule has 8 heteroatoms. The highest BCUT2D eigenvalue weighted by Gasteiger charge is 2.27. The van der Waals surface area contributed by atoms with Gasteiger partial charge >= 0.3 is 11.9 Å². The molecule has 0 unspecified atom stereocenters. The Balaban J connectivity index is 1.86. The number of aliphatic imine (C=N–C) groups is 1. The first-order valence-corrected chi connectivity index (χ1v) is 9.11. The molecule has 1 N–H and O–H groups in total. The summed E-state index contributed by atoms with van der Waals surface area (Å²) in [5.74, 6) is -0.321. The fraction of sp³-hybridized carbons (Fsp3) is 0.375. The smallest absolute Gasteiger partial charge is 0.329 e. The van der Waals surface area contributed by atoms with E-state index >= 15 is 0 Å². The number of hydrogen-bond acceptors (Lipinski definition) is 7. The second-order valence-electron chi connectivity index (χ2n) is 6.39. The van der Waals surface area contributed by atoms with E-state index in [4.69, 9.17) is 9.84 Å². The van der Waals surface area contributed by atoms with Gasteiger partial charge in [-0.05, 0) is 32.9 Å². The average Bonchev–Trinajstić information content (AvgIpc) is 3.12. The normalized spacial score (nSPS) is 17.8. The molecule has 0 saturated carbocycles. The largest absolute Gasteiger partial charge is 0.480 e. The van der Waals surface area contributed by atoms with Crippen LogP contribution < -0.4 is 4.74 Å². The number of rotatable bonds is 3. The second-order valence-corrected chi connectivity index (χ2v) is 8.43. The minimum atomic E-state index is -0.921. The van der Waals surface area contributed by atoms with Crippen molar-refractivity contribution in [3.63, 3.8) is 0 Å². The average molecular weight is 364 g/mol. The van der Waals surface area contributed by atoms with E-state index in [-0.39, 0.29) is 5.97 Å². The molecule has 1 atom stereocenters. The maximum atomic E-state index is 12.0. The first kappa shape index (κ1) is 16.9. The van der Waals surface area contributed by atoms with Crippen LogP contribution in [0, 0.1) is 5.41 Å². The lowest BCUT2D eigenvalue weighted by Gasteiger charge is -2.16. The van der Waals surface area contributed by atoms with Crippen molar-refractivity contribution in [3.8, 4) is 5.75 Å². The van der Waals surface area contributed by atoms with Crippen LogP contribution in [0.2, 0.25) is 0 Å². The third-order valence-corrected chi connectivity index (χ3v) is 5.51. The van der Waals surface area contributed by atoms with Crippen molar-refractivity contribution in [2.45, 2.75) is 26.8 Å². The van der Waals surface area contributed by atoms with E-state index in [1.54, 1.807) is 39.0 Å². The number of esters is 1. The first-order chi connectivity index (χ1) is 11.2. The lowest BCUT2D eigenvalue weighted by Crippen LogP contribution is -2.25. The van der Waals surface area contributed by atoms with Crippen LogP contribution in [0.3, 0.4) is 0 Å². The molecule has 1 aromatic heterocycles. The predicted octanol–water partition coefficient (Wildman–Crippen LogP) is 3.19. The Morgan fingerprint density at radius 3 is 2.71 bits per heavy atom. The Morgan fingerprint density at radius 2 is 2.08 bits per heavy atom. The highest BCUT2D eigenvalue weighted by Crippen LogP contribution is 2.32. The van der Waals surface area contributed by atoms with Gasteiger partial charge in [0.05, 0.1) is 15.6 Å². The Kier molecular flexibility index (Phi) is 4.35. The van der Waals surface area contributed by atoms with Crippen LogP contribution in [-0.2, 0) is 9.59 Å². The van der Waals surface area contributed by atoms with Gasteiger partial charge in [0.1, 0.15) is 15.8 Å². The zero-order valence-electron chi connectivity index (χ0n) is 13.4. The molecule has 0 spiro atoms. The number of carbonyl (C=O) groups excluding carboxylic acids is 1. The van der Waals surface area contributed by atoms with Gasteiger partial charge < -0.3 is 9.84 Å². The number of carboxylic acids is 1. The molecule has 0 bridgehead atoms. The fourth-order valence-corrected chi connectivity index (χ4v) is 4.03. The van der Waals surface area contributed by atoms with E-state index in [1.165, 1.54) is 23.1 Å². The molecule has 0 amide bonds. The fourth-order valence-electron chi connectivity index (χ4n) is 1.94. The summed E-state index contributed by atoms with van der Waals surface area (Å²) in [4.78, 5) is 31.7. The summed E-state index contributed by atoms with van der Waals surface area (Å²) < 4.78 is 6.26. The molecule has 24 heavy (non-hydrogen) atoms. The summed E-state index contributed by atoms with van der Waals surface area (Å²) in [5, 5.41) is 10.4. The number of thiazole rings is 1. The topological polar surface area (TPSA) is 88.9 Å². The minimum absolute atomic E-state index is 0.299. The van der Waals surface area contributed by atoms with Crippen LogP contribution in [0.4, 0.5) is 0 Å². The summed E-state index contributed by atoms with van der Waals surface area (Å²) in [7, 11) is 0. The van der Waals surface area contributed by atoms with Crippen molar-refractivity contribution in [1.82, 2.24) is 4.98 Å². The van der Waals surface area contributed by atoms with Gasteiger partial charge in [0.25, 0.3) is 0 Å². The number of thioether (sulfide) groups is 1. The van der Waals surface area contributed by atoms with Crippen molar-refractivity contribution in [3.05, 3.63) is 23.2 Å². The van der Waals surface area contributed by atoms with Crippen LogP contribution in [0.5, 0.6) is 5.75 Å². The summed E-state index contributed by atoms with van der Waals surface area (Å²) >= 11 is 2.81. The highest BCUT2D eigenvalue weighted by atomic mass is 32.2. The van der Waals surface area contributed by atoms with Crippen molar-refractivity contribution in [1.29, 1.82) is 0 Å². The Bertz CT molecular complexity index is 851. The maximum absolute atomic E-state index is 12.0. The lowest BCUT2D eigenvalue weighted by atomic mass is 9.97. The van der Waals surface area contributed by atoms with Crippen molar-refractivity contribution < 1.29 is 19.4 Å². The number of fused-ring (bicyclic) bond motifs is 1. The van der Waals surface area contributed by atoms with Crippen LogP contribution in [0.1, 0.15) is 25.8 Å². The van der Waals surface area contributed by atoms with Crippen LogP contribution in [0.25, 0.3) is 10.2 Å². The van der Waals surface area contributed by atoms with Gasteiger partial charge in [0.15, 0.2) is 6.04 Å². The predicted molar refractivity (Wildman–Crippen MR) is 95.1 cm³/mol. The quantitative estimate of drug-likeness (QED) is 0.665. The monoisotopic (exact) mass is 364 g/mol. The van der Waals surface area contributed by atoms with E-state index in [1.807, 2.05) is 0 Å². The van der Waals surface area contributed by atoms with Gasteiger partial charge in [-0.15, -0.1) is 23.1 Å². The molecule has 6 nitrogen and oxygen atoms in total. The molecule has 2 heterocycles. The van der Waals surface area contributed by atoms with Crippen LogP contribution in [0.15, 0.2) is 23.2 Å². The number of carboxylic acid groups (broad SMARTS) is 1. The molecular formula is C16H16N2O4S2. The first-order valence-electron chi connectivity index (χ1n) is 7.31. The number of hydrogen-bond donors (Lipinski definition) is 1. The minimum Gasteiger partial charge on any atom is -0.480 e. The summed E-state index contributed by atoms with van der Waals surface area (Å²) in [6, 6.07) is 4.56. The van der Waals surface area contributed by atoms with Gasteiger partial charge in [-0.25, -0.2) is 9.78 Å². The molecule has 1 aliphatic heterocycles. The molecule has 126 valence electrons. The van der Waals surface area contributed by atoms with Gasteiger partial charge in [0.2, 0.25) is 0 Å². The van der Waals surface area contributed by atoms with E-state index < -0.39 is 17.4 Å². The standard InChI is InChI=1S/C16H16N2O4S2/c1-16(2,3)15(21)22-8-4-5-9-11(6-8)24-13(17-9)12-18-10(7-23-12)14(19)20/h4-6,10H,7H2,1-3H3,(H,19,20)/t10-/m1/s1. The molecular weight excluding hydrogens is 348 g/mol. The molecule has 0 fully saturated rings. The molecule has 0 radical (unpaired) electrons. The molecule has 1 aliphatic rings. The summed E-state index contributed by atoms with van der Waals surface area (Å²) in [6.45, 7) is 5.40. The van der Waals surface area contributed by atoms with Crippen molar-refractivity contribution in [2.75, 3.05) is 5.75 Å². The summed E-state index contributed by atoms with van der Waals surface area (Å²) in [6.07, 6.45) is 0. The zero-order chi connectivity index (χ0) is 17.5. The van der Waals surface area contributed by atoms with Gasteiger partial charge in [-0.3, -0.25) is 9.79 Å². The molecule has 1 aromatic carbocycles. The number of ether oxygens (including phenoxy) is 1. The van der Waals surface area contributed by atoms with Gasteiger partial charge in [0, 0.05) is 11.8 Å². The maximum Gasteiger partial charge on any atom is 0.329 e. The number of aromatic nitrogens is 1. The summed E-state index contributed by atoms with van der Waals surface area (Å²) in [5.41, 5.74) is 0.196. The van der Waals surface area contributed by atoms with Gasteiger partial charge in [-0.2, -0.15) is 0 Å². The Morgan fingerprint density at radius 1 is 1.33 bits per heavy atom. The number of nitrogens with zero attached hydrogens (tertiary/aromatic N) is 2. The highest BCUT2D eigenvalue weighted by molar-refractivity contribution is 8.15.